The van der Waals surface area contributed by atoms with Crippen LogP contribution in [0.5, 0.6) is 0 Å². The van der Waals surface area contributed by atoms with Crippen molar-refractivity contribution < 1.29 is 13.2 Å². The van der Waals surface area contributed by atoms with Crippen molar-refractivity contribution in [1.29, 1.82) is 0 Å². The summed E-state index contributed by atoms with van der Waals surface area (Å²) in [5.41, 5.74) is 0. The third-order valence-electron chi connectivity index (χ3n) is 2.93. The lowest BCUT2D eigenvalue weighted by atomic mass is 10.1. The Kier molecular flexibility index (Phi) is 3.09. The first kappa shape index (κ1) is 10.4. The molecule has 0 aliphatic carbocycles. The molecule has 0 aromatic heterocycles. The molecule has 1 atom stereocenters. The van der Waals surface area contributed by atoms with E-state index in [1.165, 1.54) is 0 Å². The van der Waals surface area contributed by atoms with Gasteiger partial charge in [0.25, 0.3) is 0 Å². The number of sulfone groups is 1. The lowest BCUT2D eigenvalue weighted by molar-refractivity contribution is 0.0757. The molecule has 0 amide bonds. The van der Waals surface area contributed by atoms with Gasteiger partial charge in [-0.05, 0) is 19.3 Å². The first-order chi connectivity index (χ1) is 6.66. The first-order valence-electron chi connectivity index (χ1n) is 5.20. The third kappa shape index (κ3) is 2.68. The van der Waals surface area contributed by atoms with E-state index in [0.717, 1.165) is 32.5 Å². The predicted molar refractivity (Wildman–Crippen MR) is 54.0 cm³/mol. The van der Waals surface area contributed by atoms with Crippen molar-refractivity contribution in [3.05, 3.63) is 0 Å². The maximum absolute atomic E-state index is 11.2. The Hall–Kier alpha value is -0.130. The molecule has 2 saturated heterocycles. The van der Waals surface area contributed by atoms with Crippen LogP contribution in [0, 0.1) is 0 Å². The highest BCUT2D eigenvalue weighted by atomic mass is 32.2. The molecule has 82 valence electrons. The topological polar surface area (TPSA) is 55.4 Å². The molecule has 5 heteroatoms. The molecular weight excluding hydrogens is 202 g/mol. The summed E-state index contributed by atoms with van der Waals surface area (Å²) < 4.78 is 27.7. The summed E-state index contributed by atoms with van der Waals surface area (Å²) in [7, 11) is -2.74. The van der Waals surface area contributed by atoms with Gasteiger partial charge in [-0.1, -0.05) is 0 Å². The van der Waals surface area contributed by atoms with Crippen LogP contribution in [0.25, 0.3) is 0 Å². The van der Waals surface area contributed by atoms with Gasteiger partial charge < -0.3 is 10.1 Å². The lowest BCUT2D eigenvalue weighted by Crippen LogP contribution is -2.42. The fourth-order valence-electron chi connectivity index (χ4n) is 2.12. The molecule has 0 spiro atoms. The Labute approximate surface area is 84.9 Å². The molecule has 0 aromatic carbocycles. The summed E-state index contributed by atoms with van der Waals surface area (Å²) in [5, 5.41) is 3.41. The molecule has 2 aliphatic rings. The van der Waals surface area contributed by atoms with E-state index in [9.17, 15) is 8.42 Å². The van der Waals surface area contributed by atoms with Crippen molar-refractivity contribution in [3.8, 4) is 0 Å². The lowest BCUT2D eigenvalue weighted by Gasteiger charge is -2.25. The Bertz CT molecular complexity index is 282. The molecule has 2 rings (SSSR count). The third-order valence-corrected chi connectivity index (χ3v) is 4.69. The smallest absolute Gasteiger partial charge is 0.151 e. The molecule has 4 nitrogen and oxygen atoms in total. The van der Waals surface area contributed by atoms with Crippen molar-refractivity contribution in [1.82, 2.24) is 5.32 Å². The molecule has 0 saturated carbocycles. The highest BCUT2D eigenvalue weighted by molar-refractivity contribution is 7.91. The highest BCUT2D eigenvalue weighted by Gasteiger charge is 2.29. The summed E-state index contributed by atoms with van der Waals surface area (Å²) in [5.74, 6) is 0.679. The Morgan fingerprint density at radius 3 is 2.36 bits per heavy atom. The van der Waals surface area contributed by atoms with Gasteiger partial charge in [-0.3, -0.25) is 0 Å². The molecule has 2 aliphatic heterocycles. The Balaban J connectivity index is 1.80. The average molecular weight is 219 g/mol. The normalized spacial score (nSPS) is 33.3. The van der Waals surface area contributed by atoms with E-state index in [-0.39, 0.29) is 6.04 Å². The van der Waals surface area contributed by atoms with E-state index in [4.69, 9.17) is 4.74 Å². The van der Waals surface area contributed by atoms with Crippen LogP contribution in [-0.2, 0) is 14.6 Å². The highest BCUT2D eigenvalue weighted by Crippen LogP contribution is 2.14. The molecule has 14 heavy (non-hydrogen) atoms. The summed E-state index contributed by atoms with van der Waals surface area (Å²) in [6.45, 7) is 1.61. The van der Waals surface area contributed by atoms with Crippen LogP contribution in [0.4, 0.5) is 0 Å². The van der Waals surface area contributed by atoms with Crippen LogP contribution in [0.2, 0.25) is 0 Å². The van der Waals surface area contributed by atoms with Crippen LogP contribution in [0.15, 0.2) is 0 Å². The number of hydrogen-bond acceptors (Lipinski definition) is 4. The van der Waals surface area contributed by atoms with Crippen LogP contribution in [-0.4, -0.2) is 45.2 Å². The maximum atomic E-state index is 11.2. The van der Waals surface area contributed by atoms with Crippen molar-refractivity contribution in [3.63, 3.8) is 0 Å². The Morgan fingerprint density at radius 1 is 1.07 bits per heavy atom. The monoisotopic (exact) mass is 219 g/mol. The minimum Gasteiger partial charge on any atom is -0.381 e. The number of ether oxygens (including phenoxy) is 1. The van der Waals surface area contributed by atoms with Crippen LogP contribution in [0.1, 0.15) is 19.3 Å². The van der Waals surface area contributed by atoms with E-state index in [0.29, 0.717) is 17.5 Å². The second kappa shape index (κ2) is 4.16. The maximum Gasteiger partial charge on any atom is 0.151 e. The zero-order chi connectivity index (χ0) is 10.0. The zero-order valence-electron chi connectivity index (χ0n) is 8.24. The average Bonchev–Trinajstić information content (AvgIpc) is 2.47. The van der Waals surface area contributed by atoms with E-state index in [2.05, 4.69) is 5.32 Å². The van der Waals surface area contributed by atoms with Gasteiger partial charge in [0.2, 0.25) is 0 Å². The van der Waals surface area contributed by atoms with Gasteiger partial charge in [0, 0.05) is 25.3 Å². The van der Waals surface area contributed by atoms with Gasteiger partial charge in [-0.15, -0.1) is 0 Å². The molecular formula is C9H17NO3S. The van der Waals surface area contributed by atoms with E-state index in [1.54, 1.807) is 0 Å². The van der Waals surface area contributed by atoms with Crippen molar-refractivity contribution in [2.75, 3.05) is 24.7 Å². The van der Waals surface area contributed by atoms with Crippen molar-refractivity contribution in [2.24, 2.45) is 0 Å². The number of nitrogens with one attached hydrogen (secondary N) is 1. The standard InChI is InChI=1S/C9H17NO3S/c11-14(12)6-3-9(7-14)10-8-1-4-13-5-2-8/h8-10H,1-7H2. The molecule has 2 heterocycles. The largest absolute Gasteiger partial charge is 0.381 e. The molecule has 0 radical (unpaired) electrons. The van der Waals surface area contributed by atoms with Crippen molar-refractivity contribution >= 4 is 9.84 Å². The summed E-state index contributed by atoms with van der Waals surface area (Å²) in [6.07, 6.45) is 2.80. The number of rotatable bonds is 2. The quantitative estimate of drug-likeness (QED) is 0.707. The van der Waals surface area contributed by atoms with Crippen molar-refractivity contribution in [2.45, 2.75) is 31.3 Å². The SMILES string of the molecule is O=S1(=O)CCC(NC2CCOCC2)C1. The van der Waals surface area contributed by atoms with Gasteiger partial charge >= 0.3 is 0 Å². The van der Waals surface area contributed by atoms with Gasteiger partial charge in [0.15, 0.2) is 9.84 Å². The minimum atomic E-state index is -2.74. The van der Waals surface area contributed by atoms with Gasteiger partial charge in [0.1, 0.15) is 0 Å². The molecule has 2 fully saturated rings. The van der Waals surface area contributed by atoms with E-state index < -0.39 is 9.84 Å². The summed E-state index contributed by atoms with van der Waals surface area (Å²) >= 11 is 0. The van der Waals surface area contributed by atoms with E-state index in [1.807, 2.05) is 0 Å². The van der Waals surface area contributed by atoms with Crippen LogP contribution in [0.3, 0.4) is 0 Å². The molecule has 1 N–H and O–H groups in total. The summed E-state index contributed by atoms with van der Waals surface area (Å²) in [6, 6.07) is 0.644. The first-order valence-corrected chi connectivity index (χ1v) is 7.02. The zero-order valence-corrected chi connectivity index (χ0v) is 9.05. The Morgan fingerprint density at radius 2 is 1.79 bits per heavy atom. The van der Waals surface area contributed by atoms with Gasteiger partial charge in [-0.2, -0.15) is 0 Å². The number of hydrogen-bond donors (Lipinski definition) is 1. The second-order valence-corrected chi connectivity index (χ2v) is 6.38. The summed E-state index contributed by atoms with van der Waals surface area (Å²) in [4.78, 5) is 0. The van der Waals surface area contributed by atoms with E-state index >= 15 is 0 Å². The molecule has 1 unspecified atom stereocenters. The van der Waals surface area contributed by atoms with Gasteiger partial charge in [0.05, 0.1) is 11.5 Å². The predicted octanol–water partition coefficient (Wildman–Crippen LogP) is -0.0579. The molecule has 0 aromatic rings. The van der Waals surface area contributed by atoms with Crippen LogP contribution < -0.4 is 5.32 Å². The minimum absolute atomic E-state index is 0.183. The van der Waals surface area contributed by atoms with Crippen LogP contribution >= 0.6 is 0 Å². The van der Waals surface area contributed by atoms with Gasteiger partial charge in [-0.25, -0.2) is 8.42 Å². The molecule has 0 bridgehead atoms. The second-order valence-electron chi connectivity index (χ2n) is 4.15. The fraction of sp³-hybridized carbons (Fsp3) is 1.00. The fourth-order valence-corrected chi connectivity index (χ4v) is 3.81.